The lowest BCUT2D eigenvalue weighted by Crippen LogP contribution is -2.33. The SMILES string of the molecule is NC(Cc1ccccc1)C(=O)Cc1cccc(Cl)c1. The van der Waals surface area contributed by atoms with Crippen molar-refractivity contribution in [2.24, 2.45) is 5.73 Å². The molecule has 1 atom stereocenters. The highest BCUT2D eigenvalue weighted by molar-refractivity contribution is 6.30. The van der Waals surface area contributed by atoms with Crippen LogP contribution in [0, 0.1) is 0 Å². The molecule has 1 unspecified atom stereocenters. The number of halogens is 1. The van der Waals surface area contributed by atoms with Gasteiger partial charge in [-0.1, -0.05) is 54.1 Å². The largest absolute Gasteiger partial charge is 0.321 e. The van der Waals surface area contributed by atoms with Gasteiger partial charge in [0, 0.05) is 11.4 Å². The van der Waals surface area contributed by atoms with Gasteiger partial charge in [0.25, 0.3) is 0 Å². The van der Waals surface area contributed by atoms with Crippen LogP contribution in [0.2, 0.25) is 5.02 Å². The van der Waals surface area contributed by atoms with Crippen molar-refractivity contribution in [3.8, 4) is 0 Å². The number of carbonyl (C=O) groups is 1. The van der Waals surface area contributed by atoms with E-state index in [1.807, 2.05) is 42.5 Å². The molecule has 0 aliphatic rings. The zero-order valence-corrected chi connectivity index (χ0v) is 11.3. The average Bonchev–Trinajstić information content (AvgIpc) is 2.40. The third kappa shape index (κ3) is 4.19. The molecule has 0 radical (unpaired) electrons. The van der Waals surface area contributed by atoms with Gasteiger partial charge < -0.3 is 5.73 Å². The fourth-order valence-electron chi connectivity index (χ4n) is 1.96. The summed E-state index contributed by atoms with van der Waals surface area (Å²) in [4.78, 5) is 12.1. The maximum absolute atomic E-state index is 12.1. The van der Waals surface area contributed by atoms with Gasteiger partial charge in [0.2, 0.25) is 0 Å². The third-order valence-electron chi connectivity index (χ3n) is 2.98. The summed E-state index contributed by atoms with van der Waals surface area (Å²) < 4.78 is 0. The third-order valence-corrected chi connectivity index (χ3v) is 3.21. The summed E-state index contributed by atoms with van der Waals surface area (Å²) in [5.41, 5.74) is 7.93. The summed E-state index contributed by atoms with van der Waals surface area (Å²) in [6, 6.07) is 16.6. The monoisotopic (exact) mass is 273 g/mol. The van der Waals surface area contributed by atoms with Gasteiger partial charge >= 0.3 is 0 Å². The number of Topliss-reactive ketones (excluding diaryl/α,β-unsaturated/α-hetero) is 1. The van der Waals surface area contributed by atoms with E-state index in [0.717, 1.165) is 11.1 Å². The summed E-state index contributed by atoms with van der Waals surface area (Å²) >= 11 is 5.90. The van der Waals surface area contributed by atoms with Gasteiger partial charge in [-0.15, -0.1) is 0 Å². The van der Waals surface area contributed by atoms with Crippen LogP contribution in [0.1, 0.15) is 11.1 Å². The van der Waals surface area contributed by atoms with Crippen molar-refractivity contribution >= 4 is 17.4 Å². The Morgan fingerprint density at radius 3 is 2.42 bits per heavy atom. The first-order valence-corrected chi connectivity index (χ1v) is 6.59. The highest BCUT2D eigenvalue weighted by Gasteiger charge is 2.14. The highest BCUT2D eigenvalue weighted by atomic mass is 35.5. The highest BCUT2D eigenvalue weighted by Crippen LogP contribution is 2.12. The fraction of sp³-hybridized carbons (Fsp3) is 0.188. The lowest BCUT2D eigenvalue weighted by molar-refractivity contribution is -0.119. The number of benzene rings is 2. The molecule has 2 rings (SSSR count). The fourth-order valence-corrected chi connectivity index (χ4v) is 2.17. The van der Waals surface area contributed by atoms with Gasteiger partial charge in [0.15, 0.2) is 5.78 Å². The summed E-state index contributed by atoms with van der Waals surface area (Å²) in [7, 11) is 0. The van der Waals surface area contributed by atoms with E-state index in [-0.39, 0.29) is 5.78 Å². The van der Waals surface area contributed by atoms with Crippen LogP contribution in [0.25, 0.3) is 0 Å². The molecule has 0 spiro atoms. The van der Waals surface area contributed by atoms with Crippen LogP contribution in [0.15, 0.2) is 54.6 Å². The molecule has 2 aromatic rings. The molecule has 0 aliphatic carbocycles. The minimum Gasteiger partial charge on any atom is -0.321 e. The van der Waals surface area contributed by atoms with Crippen LogP contribution in [-0.4, -0.2) is 11.8 Å². The van der Waals surface area contributed by atoms with Crippen molar-refractivity contribution in [3.05, 3.63) is 70.7 Å². The Morgan fingerprint density at radius 1 is 1.05 bits per heavy atom. The second-order valence-electron chi connectivity index (χ2n) is 4.57. The first-order valence-electron chi connectivity index (χ1n) is 6.22. The molecular weight excluding hydrogens is 258 g/mol. The van der Waals surface area contributed by atoms with E-state index in [9.17, 15) is 4.79 Å². The van der Waals surface area contributed by atoms with E-state index in [0.29, 0.717) is 17.9 Å². The van der Waals surface area contributed by atoms with Gasteiger partial charge in [0.05, 0.1) is 6.04 Å². The van der Waals surface area contributed by atoms with Crippen molar-refractivity contribution in [1.82, 2.24) is 0 Å². The zero-order valence-electron chi connectivity index (χ0n) is 10.6. The van der Waals surface area contributed by atoms with E-state index < -0.39 is 6.04 Å². The number of rotatable bonds is 5. The van der Waals surface area contributed by atoms with Crippen LogP contribution in [-0.2, 0) is 17.6 Å². The molecule has 0 saturated heterocycles. The smallest absolute Gasteiger partial charge is 0.154 e. The van der Waals surface area contributed by atoms with Crippen molar-refractivity contribution in [2.45, 2.75) is 18.9 Å². The van der Waals surface area contributed by atoms with Gasteiger partial charge in [-0.3, -0.25) is 4.79 Å². The van der Waals surface area contributed by atoms with Crippen LogP contribution in [0.5, 0.6) is 0 Å². The number of hydrogen-bond donors (Lipinski definition) is 1. The van der Waals surface area contributed by atoms with Crippen LogP contribution in [0.4, 0.5) is 0 Å². The van der Waals surface area contributed by atoms with Crippen molar-refractivity contribution < 1.29 is 4.79 Å². The molecule has 3 heteroatoms. The van der Waals surface area contributed by atoms with Crippen molar-refractivity contribution in [3.63, 3.8) is 0 Å². The maximum atomic E-state index is 12.1. The molecule has 0 aliphatic heterocycles. The maximum Gasteiger partial charge on any atom is 0.154 e. The molecule has 98 valence electrons. The van der Waals surface area contributed by atoms with Crippen LogP contribution >= 0.6 is 11.6 Å². The standard InChI is InChI=1S/C16H16ClNO/c17-14-8-4-7-13(9-14)11-16(19)15(18)10-12-5-2-1-3-6-12/h1-9,15H,10-11,18H2. The Bertz CT molecular complexity index is 554. The number of carbonyl (C=O) groups excluding carboxylic acids is 1. The lowest BCUT2D eigenvalue weighted by atomic mass is 9.98. The van der Waals surface area contributed by atoms with Crippen molar-refractivity contribution in [2.75, 3.05) is 0 Å². The molecular formula is C16H16ClNO. The molecule has 2 nitrogen and oxygen atoms in total. The Labute approximate surface area is 118 Å². The molecule has 0 saturated carbocycles. The molecule has 0 amide bonds. The summed E-state index contributed by atoms with van der Waals surface area (Å²) in [6.07, 6.45) is 0.898. The van der Waals surface area contributed by atoms with E-state index in [2.05, 4.69) is 0 Å². The predicted octanol–water partition coefficient (Wildman–Crippen LogP) is 3.02. The zero-order chi connectivity index (χ0) is 13.7. The number of ketones is 1. The average molecular weight is 274 g/mol. The first-order chi connectivity index (χ1) is 9.15. The quantitative estimate of drug-likeness (QED) is 0.910. The van der Waals surface area contributed by atoms with Gasteiger partial charge in [-0.25, -0.2) is 0 Å². The molecule has 0 heterocycles. The minimum absolute atomic E-state index is 0.0334. The Morgan fingerprint density at radius 2 is 1.74 bits per heavy atom. The predicted molar refractivity (Wildman–Crippen MR) is 78.3 cm³/mol. The molecule has 0 bridgehead atoms. The molecule has 0 fully saturated rings. The lowest BCUT2D eigenvalue weighted by Gasteiger charge is -2.10. The Kier molecular flexibility index (Phi) is 4.72. The molecule has 0 aromatic heterocycles. The molecule has 19 heavy (non-hydrogen) atoms. The van der Waals surface area contributed by atoms with Gasteiger partial charge in [0.1, 0.15) is 0 Å². The second-order valence-corrected chi connectivity index (χ2v) is 5.01. The Hall–Kier alpha value is -1.64. The number of nitrogens with two attached hydrogens (primary N) is 1. The van der Waals surface area contributed by atoms with Crippen molar-refractivity contribution in [1.29, 1.82) is 0 Å². The molecule has 2 N–H and O–H groups in total. The summed E-state index contributed by atoms with van der Waals surface area (Å²) in [5.74, 6) is 0.0334. The summed E-state index contributed by atoms with van der Waals surface area (Å²) in [6.45, 7) is 0. The normalized spacial score (nSPS) is 12.1. The Balaban J connectivity index is 1.96. The minimum atomic E-state index is -0.471. The molecule has 2 aromatic carbocycles. The van der Waals surface area contributed by atoms with E-state index in [1.54, 1.807) is 12.1 Å². The van der Waals surface area contributed by atoms with Gasteiger partial charge in [-0.2, -0.15) is 0 Å². The van der Waals surface area contributed by atoms with Crippen LogP contribution < -0.4 is 5.73 Å². The van der Waals surface area contributed by atoms with E-state index in [4.69, 9.17) is 17.3 Å². The second kappa shape index (κ2) is 6.50. The number of hydrogen-bond acceptors (Lipinski definition) is 2. The summed E-state index contributed by atoms with van der Waals surface area (Å²) in [5, 5.41) is 0.641. The van der Waals surface area contributed by atoms with Gasteiger partial charge in [-0.05, 0) is 29.7 Å². The van der Waals surface area contributed by atoms with Crippen LogP contribution in [0.3, 0.4) is 0 Å². The van der Waals surface area contributed by atoms with E-state index >= 15 is 0 Å². The van der Waals surface area contributed by atoms with E-state index in [1.165, 1.54) is 0 Å². The first kappa shape index (κ1) is 13.8. The topological polar surface area (TPSA) is 43.1 Å².